The summed E-state index contributed by atoms with van der Waals surface area (Å²) in [6.45, 7) is 0.631. The standard InChI is InChI=1S/C11H16N2O/c12-10-4-1-5-11(10)14-8-9-3-2-6-13-7-9/h2-3,6-7,10-11H,1,4-5,8,12H2. The van der Waals surface area contributed by atoms with E-state index in [1.165, 1.54) is 6.42 Å². The van der Waals surface area contributed by atoms with Crippen LogP contribution in [0, 0.1) is 0 Å². The Hall–Kier alpha value is -0.930. The van der Waals surface area contributed by atoms with Gasteiger partial charge in [0, 0.05) is 18.4 Å². The molecular weight excluding hydrogens is 176 g/mol. The van der Waals surface area contributed by atoms with Gasteiger partial charge >= 0.3 is 0 Å². The molecule has 0 amide bonds. The summed E-state index contributed by atoms with van der Waals surface area (Å²) in [5.41, 5.74) is 7.02. The van der Waals surface area contributed by atoms with Crippen molar-refractivity contribution in [2.75, 3.05) is 0 Å². The minimum atomic E-state index is 0.228. The van der Waals surface area contributed by atoms with Gasteiger partial charge in [-0.2, -0.15) is 0 Å². The van der Waals surface area contributed by atoms with Gasteiger partial charge < -0.3 is 10.5 Å². The largest absolute Gasteiger partial charge is 0.372 e. The molecule has 1 aromatic rings. The highest BCUT2D eigenvalue weighted by Crippen LogP contribution is 2.21. The number of nitrogens with zero attached hydrogens (tertiary/aromatic N) is 1. The summed E-state index contributed by atoms with van der Waals surface area (Å²) in [7, 11) is 0. The fourth-order valence-electron chi connectivity index (χ4n) is 1.85. The molecule has 1 heterocycles. The zero-order chi connectivity index (χ0) is 9.80. The Balaban J connectivity index is 1.82. The van der Waals surface area contributed by atoms with E-state index in [1.54, 1.807) is 6.20 Å². The molecule has 76 valence electrons. The first-order chi connectivity index (χ1) is 6.86. The molecule has 0 aliphatic heterocycles. The summed E-state index contributed by atoms with van der Waals surface area (Å²) in [6.07, 6.45) is 7.23. The predicted octanol–water partition coefficient (Wildman–Crippen LogP) is 1.48. The first-order valence-electron chi connectivity index (χ1n) is 5.12. The van der Waals surface area contributed by atoms with E-state index in [0.717, 1.165) is 18.4 Å². The molecule has 0 radical (unpaired) electrons. The Morgan fingerprint density at radius 1 is 1.50 bits per heavy atom. The third kappa shape index (κ3) is 2.30. The fourth-order valence-corrected chi connectivity index (χ4v) is 1.85. The molecule has 2 unspecified atom stereocenters. The van der Waals surface area contributed by atoms with Crippen LogP contribution in [0.5, 0.6) is 0 Å². The van der Waals surface area contributed by atoms with E-state index in [4.69, 9.17) is 10.5 Å². The monoisotopic (exact) mass is 192 g/mol. The van der Waals surface area contributed by atoms with Crippen LogP contribution in [0.3, 0.4) is 0 Å². The molecule has 3 heteroatoms. The van der Waals surface area contributed by atoms with Crippen LogP contribution in [0.25, 0.3) is 0 Å². The van der Waals surface area contributed by atoms with Crippen LogP contribution in [0.4, 0.5) is 0 Å². The first kappa shape index (κ1) is 9.62. The normalized spacial score (nSPS) is 26.6. The molecule has 1 aromatic heterocycles. The van der Waals surface area contributed by atoms with Crippen LogP contribution in [0.15, 0.2) is 24.5 Å². The molecule has 2 N–H and O–H groups in total. The van der Waals surface area contributed by atoms with Gasteiger partial charge in [-0.05, 0) is 30.9 Å². The minimum absolute atomic E-state index is 0.228. The maximum absolute atomic E-state index is 5.90. The Kier molecular flexibility index (Phi) is 3.11. The third-order valence-electron chi connectivity index (χ3n) is 2.69. The van der Waals surface area contributed by atoms with E-state index in [-0.39, 0.29) is 12.1 Å². The van der Waals surface area contributed by atoms with Gasteiger partial charge in [0.1, 0.15) is 0 Å². The van der Waals surface area contributed by atoms with Crippen molar-refractivity contribution in [2.45, 2.75) is 38.0 Å². The number of nitrogens with two attached hydrogens (primary N) is 1. The van der Waals surface area contributed by atoms with E-state index in [2.05, 4.69) is 4.98 Å². The van der Waals surface area contributed by atoms with Crippen molar-refractivity contribution in [3.8, 4) is 0 Å². The third-order valence-corrected chi connectivity index (χ3v) is 2.69. The lowest BCUT2D eigenvalue weighted by Crippen LogP contribution is -2.31. The summed E-state index contributed by atoms with van der Waals surface area (Å²) >= 11 is 0. The van der Waals surface area contributed by atoms with E-state index in [9.17, 15) is 0 Å². The minimum Gasteiger partial charge on any atom is -0.372 e. The zero-order valence-electron chi connectivity index (χ0n) is 8.23. The topological polar surface area (TPSA) is 48.1 Å². The Morgan fingerprint density at radius 2 is 2.43 bits per heavy atom. The van der Waals surface area contributed by atoms with E-state index in [1.807, 2.05) is 18.3 Å². The summed E-state index contributed by atoms with van der Waals surface area (Å²) in [5.74, 6) is 0. The maximum atomic E-state index is 5.90. The van der Waals surface area contributed by atoms with Crippen LogP contribution >= 0.6 is 0 Å². The number of aromatic nitrogens is 1. The van der Waals surface area contributed by atoms with Gasteiger partial charge in [0.2, 0.25) is 0 Å². The van der Waals surface area contributed by atoms with E-state index >= 15 is 0 Å². The van der Waals surface area contributed by atoms with Crippen molar-refractivity contribution < 1.29 is 4.74 Å². The van der Waals surface area contributed by atoms with Crippen molar-refractivity contribution in [1.82, 2.24) is 4.98 Å². The summed E-state index contributed by atoms with van der Waals surface area (Å²) < 4.78 is 5.74. The highest BCUT2D eigenvalue weighted by atomic mass is 16.5. The van der Waals surface area contributed by atoms with Crippen LogP contribution < -0.4 is 5.73 Å². The number of hydrogen-bond acceptors (Lipinski definition) is 3. The molecule has 1 aliphatic carbocycles. The molecule has 0 saturated heterocycles. The summed E-state index contributed by atoms with van der Waals surface area (Å²) in [6, 6.07) is 4.17. The number of rotatable bonds is 3. The lowest BCUT2D eigenvalue weighted by molar-refractivity contribution is 0.0356. The van der Waals surface area contributed by atoms with Gasteiger partial charge in [-0.25, -0.2) is 0 Å². The lowest BCUT2D eigenvalue weighted by Gasteiger charge is -2.15. The molecule has 0 bridgehead atoms. The van der Waals surface area contributed by atoms with Crippen LogP contribution in [0.2, 0.25) is 0 Å². The molecule has 0 aromatic carbocycles. The SMILES string of the molecule is NC1CCCC1OCc1cccnc1. The Labute approximate surface area is 84.3 Å². The second kappa shape index (κ2) is 4.53. The van der Waals surface area contributed by atoms with Crippen LogP contribution in [-0.2, 0) is 11.3 Å². The average Bonchev–Trinajstić information content (AvgIpc) is 2.63. The smallest absolute Gasteiger partial charge is 0.0736 e. The second-order valence-electron chi connectivity index (χ2n) is 3.81. The Bertz CT molecular complexity index is 276. The van der Waals surface area contributed by atoms with Crippen LogP contribution in [-0.4, -0.2) is 17.1 Å². The fraction of sp³-hybridized carbons (Fsp3) is 0.545. The molecule has 3 nitrogen and oxygen atoms in total. The zero-order valence-corrected chi connectivity index (χ0v) is 8.23. The predicted molar refractivity (Wildman–Crippen MR) is 54.6 cm³/mol. The van der Waals surface area contributed by atoms with Crippen molar-refractivity contribution in [2.24, 2.45) is 5.73 Å². The molecule has 0 spiro atoms. The highest BCUT2D eigenvalue weighted by Gasteiger charge is 2.24. The van der Waals surface area contributed by atoms with Crippen molar-refractivity contribution in [3.63, 3.8) is 0 Å². The van der Waals surface area contributed by atoms with Gasteiger partial charge in [-0.3, -0.25) is 4.98 Å². The van der Waals surface area contributed by atoms with Gasteiger partial charge in [-0.1, -0.05) is 6.07 Å². The van der Waals surface area contributed by atoms with E-state index in [0.29, 0.717) is 6.61 Å². The molecule has 1 aliphatic rings. The van der Waals surface area contributed by atoms with Crippen molar-refractivity contribution in [3.05, 3.63) is 30.1 Å². The van der Waals surface area contributed by atoms with Gasteiger partial charge in [0.15, 0.2) is 0 Å². The molecular formula is C11H16N2O. The first-order valence-corrected chi connectivity index (χ1v) is 5.12. The van der Waals surface area contributed by atoms with Crippen molar-refractivity contribution >= 4 is 0 Å². The number of pyridine rings is 1. The van der Waals surface area contributed by atoms with Crippen molar-refractivity contribution in [1.29, 1.82) is 0 Å². The maximum Gasteiger partial charge on any atom is 0.0736 e. The molecule has 14 heavy (non-hydrogen) atoms. The average molecular weight is 192 g/mol. The van der Waals surface area contributed by atoms with Gasteiger partial charge in [0.05, 0.1) is 12.7 Å². The number of ether oxygens (including phenoxy) is 1. The number of hydrogen-bond donors (Lipinski definition) is 1. The second-order valence-corrected chi connectivity index (χ2v) is 3.81. The van der Waals surface area contributed by atoms with Gasteiger partial charge in [-0.15, -0.1) is 0 Å². The lowest BCUT2D eigenvalue weighted by atomic mass is 10.2. The Morgan fingerprint density at radius 3 is 3.07 bits per heavy atom. The molecule has 2 rings (SSSR count). The molecule has 1 saturated carbocycles. The summed E-state index contributed by atoms with van der Waals surface area (Å²) in [5, 5.41) is 0. The van der Waals surface area contributed by atoms with Gasteiger partial charge in [0.25, 0.3) is 0 Å². The van der Waals surface area contributed by atoms with Crippen LogP contribution in [0.1, 0.15) is 24.8 Å². The molecule has 2 atom stereocenters. The molecule has 1 fully saturated rings. The quantitative estimate of drug-likeness (QED) is 0.789. The summed E-state index contributed by atoms with van der Waals surface area (Å²) in [4.78, 5) is 4.04. The van der Waals surface area contributed by atoms with E-state index < -0.39 is 0 Å². The highest BCUT2D eigenvalue weighted by molar-refractivity contribution is 5.06.